The van der Waals surface area contributed by atoms with Crippen molar-refractivity contribution in [3.63, 3.8) is 0 Å². The molecule has 0 aromatic heterocycles. The Morgan fingerprint density at radius 1 is 1.18 bits per heavy atom. The molecule has 4 N–H and O–H groups in total. The van der Waals surface area contributed by atoms with E-state index in [1.165, 1.54) is 6.92 Å². The van der Waals surface area contributed by atoms with Crippen LogP contribution in [0.15, 0.2) is 0 Å². The lowest BCUT2D eigenvalue weighted by Gasteiger charge is -2.16. The lowest BCUT2D eigenvalue weighted by molar-refractivity contribution is -0.143. The Kier molecular flexibility index (Phi) is 2.46. The van der Waals surface area contributed by atoms with Crippen LogP contribution >= 0.6 is 0 Å². The summed E-state index contributed by atoms with van der Waals surface area (Å²) in [7, 11) is 0. The van der Waals surface area contributed by atoms with Crippen LogP contribution in [0.3, 0.4) is 0 Å². The Hall–Kier alpha value is -0.200. The molecular formula is C6H12O5. The van der Waals surface area contributed by atoms with Gasteiger partial charge in [-0.25, -0.2) is 0 Å². The Morgan fingerprint density at radius 2 is 1.73 bits per heavy atom. The summed E-state index contributed by atoms with van der Waals surface area (Å²) in [5.41, 5.74) is 0. The van der Waals surface area contributed by atoms with E-state index in [0.29, 0.717) is 0 Å². The van der Waals surface area contributed by atoms with Gasteiger partial charge in [0.15, 0.2) is 6.29 Å². The highest BCUT2D eigenvalue weighted by atomic mass is 16.6. The van der Waals surface area contributed by atoms with E-state index in [4.69, 9.17) is 20.4 Å². The van der Waals surface area contributed by atoms with Gasteiger partial charge < -0.3 is 25.2 Å². The topological polar surface area (TPSA) is 90.2 Å². The third-order valence-corrected chi connectivity index (χ3v) is 1.75. The van der Waals surface area contributed by atoms with Crippen molar-refractivity contribution >= 4 is 0 Å². The maximum Gasteiger partial charge on any atom is 0.184 e. The molecule has 1 aliphatic rings. The van der Waals surface area contributed by atoms with Gasteiger partial charge in [0.05, 0.1) is 6.10 Å². The Bertz CT molecular complexity index is 137. The molecule has 5 atom stereocenters. The summed E-state index contributed by atoms with van der Waals surface area (Å²) in [6.07, 6.45) is -5.75. The molecule has 11 heavy (non-hydrogen) atoms. The van der Waals surface area contributed by atoms with E-state index in [9.17, 15) is 0 Å². The Balaban J connectivity index is 2.59. The molecule has 1 rings (SSSR count). The molecule has 0 aromatic rings. The van der Waals surface area contributed by atoms with E-state index in [1.807, 2.05) is 0 Å². The molecule has 66 valence electrons. The van der Waals surface area contributed by atoms with Crippen molar-refractivity contribution < 1.29 is 25.2 Å². The van der Waals surface area contributed by atoms with Gasteiger partial charge in [-0.2, -0.15) is 0 Å². The summed E-state index contributed by atoms with van der Waals surface area (Å²) in [5, 5.41) is 35.8. The maximum absolute atomic E-state index is 9.10. The first-order chi connectivity index (χ1) is 5.04. The highest BCUT2D eigenvalue weighted by Gasteiger charge is 2.43. The number of hydrogen-bond donors (Lipinski definition) is 4. The average Bonchev–Trinajstić information content (AvgIpc) is 2.17. The van der Waals surface area contributed by atoms with Crippen LogP contribution in [0.5, 0.6) is 0 Å². The van der Waals surface area contributed by atoms with Gasteiger partial charge in [0.25, 0.3) is 0 Å². The fraction of sp³-hybridized carbons (Fsp3) is 1.00. The fourth-order valence-corrected chi connectivity index (χ4v) is 1.08. The van der Waals surface area contributed by atoms with Crippen LogP contribution < -0.4 is 0 Å². The third kappa shape index (κ3) is 1.52. The molecule has 1 saturated heterocycles. The smallest absolute Gasteiger partial charge is 0.184 e. The monoisotopic (exact) mass is 164 g/mol. The molecule has 5 nitrogen and oxygen atoms in total. The Labute approximate surface area is 63.8 Å². The summed E-state index contributed by atoms with van der Waals surface area (Å²) >= 11 is 0. The molecule has 1 aliphatic heterocycles. The first-order valence-electron chi connectivity index (χ1n) is 3.41. The molecule has 0 radical (unpaired) electrons. The third-order valence-electron chi connectivity index (χ3n) is 1.75. The zero-order valence-corrected chi connectivity index (χ0v) is 6.08. The van der Waals surface area contributed by atoms with Crippen LogP contribution in [0.25, 0.3) is 0 Å². The van der Waals surface area contributed by atoms with Crippen molar-refractivity contribution in [2.75, 3.05) is 0 Å². The second-order valence-corrected chi connectivity index (χ2v) is 2.71. The van der Waals surface area contributed by atoms with Gasteiger partial charge in [-0.1, -0.05) is 0 Å². The zero-order chi connectivity index (χ0) is 8.59. The number of hydrogen-bond acceptors (Lipinski definition) is 5. The van der Waals surface area contributed by atoms with Gasteiger partial charge in [0.2, 0.25) is 0 Å². The second kappa shape index (κ2) is 3.04. The largest absolute Gasteiger partial charge is 0.391 e. The lowest BCUT2D eigenvalue weighted by Crippen LogP contribution is -2.37. The van der Waals surface area contributed by atoms with Crippen molar-refractivity contribution in [1.29, 1.82) is 0 Å². The minimum absolute atomic E-state index is 0.903. The molecule has 1 fully saturated rings. The minimum atomic E-state index is -1.40. The SMILES string of the molecule is C[C@H](O)[C@H]1O[C@@H](O)C(O)[C@H]1O. The Morgan fingerprint density at radius 3 is 1.91 bits per heavy atom. The minimum Gasteiger partial charge on any atom is -0.391 e. The first kappa shape index (κ1) is 8.89. The summed E-state index contributed by atoms with van der Waals surface area (Å²) < 4.78 is 4.65. The number of ether oxygens (including phenoxy) is 1. The summed E-state index contributed by atoms with van der Waals surface area (Å²) in [5.74, 6) is 0. The molecule has 0 saturated carbocycles. The predicted molar refractivity (Wildman–Crippen MR) is 34.6 cm³/mol. The molecule has 1 heterocycles. The van der Waals surface area contributed by atoms with Gasteiger partial charge in [-0.05, 0) is 6.92 Å². The highest BCUT2D eigenvalue weighted by molar-refractivity contribution is 4.88. The van der Waals surface area contributed by atoms with Gasteiger partial charge in [0, 0.05) is 0 Å². The van der Waals surface area contributed by atoms with E-state index in [-0.39, 0.29) is 0 Å². The van der Waals surface area contributed by atoms with Crippen molar-refractivity contribution in [1.82, 2.24) is 0 Å². The predicted octanol–water partition coefficient (Wildman–Crippen LogP) is -2.19. The van der Waals surface area contributed by atoms with Crippen LogP contribution in [-0.4, -0.2) is 51.1 Å². The molecular weight excluding hydrogens is 152 g/mol. The fourth-order valence-electron chi connectivity index (χ4n) is 1.08. The van der Waals surface area contributed by atoms with Gasteiger partial charge in [-0.3, -0.25) is 0 Å². The summed E-state index contributed by atoms with van der Waals surface area (Å²) in [6.45, 7) is 1.42. The molecule has 5 heteroatoms. The molecule has 0 amide bonds. The molecule has 0 bridgehead atoms. The second-order valence-electron chi connectivity index (χ2n) is 2.71. The van der Waals surface area contributed by atoms with Gasteiger partial charge in [-0.15, -0.1) is 0 Å². The van der Waals surface area contributed by atoms with Gasteiger partial charge >= 0.3 is 0 Å². The van der Waals surface area contributed by atoms with E-state index in [1.54, 1.807) is 0 Å². The highest BCUT2D eigenvalue weighted by Crippen LogP contribution is 2.21. The average molecular weight is 164 g/mol. The van der Waals surface area contributed by atoms with Crippen LogP contribution in [0.4, 0.5) is 0 Å². The summed E-state index contributed by atoms with van der Waals surface area (Å²) in [6, 6.07) is 0. The standard InChI is InChI=1S/C6H12O5/c1-2(7)5-3(8)4(9)6(10)11-5/h2-10H,1H3/t2-,3+,4?,5+,6+/m0/s1. The number of rotatable bonds is 1. The van der Waals surface area contributed by atoms with Crippen molar-refractivity contribution in [2.45, 2.75) is 37.6 Å². The lowest BCUT2D eigenvalue weighted by atomic mass is 10.1. The van der Waals surface area contributed by atoms with Crippen molar-refractivity contribution in [2.24, 2.45) is 0 Å². The van der Waals surface area contributed by atoms with Gasteiger partial charge in [0.1, 0.15) is 18.3 Å². The molecule has 0 aliphatic carbocycles. The van der Waals surface area contributed by atoms with E-state index < -0.39 is 30.7 Å². The van der Waals surface area contributed by atoms with Crippen molar-refractivity contribution in [3.8, 4) is 0 Å². The molecule has 1 unspecified atom stereocenters. The normalized spacial score (nSPS) is 47.7. The first-order valence-corrected chi connectivity index (χ1v) is 3.41. The van der Waals surface area contributed by atoms with Crippen LogP contribution in [0.2, 0.25) is 0 Å². The van der Waals surface area contributed by atoms with E-state index >= 15 is 0 Å². The van der Waals surface area contributed by atoms with E-state index in [2.05, 4.69) is 4.74 Å². The molecule has 0 aromatic carbocycles. The van der Waals surface area contributed by atoms with Crippen LogP contribution in [0.1, 0.15) is 6.92 Å². The summed E-state index contributed by atoms with van der Waals surface area (Å²) in [4.78, 5) is 0. The quantitative estimate of drug-likeness (QED) is 0.353. The zero-order valence-electron chi connectivity index (χ0n) is 6.08. The molecule has 0 spiro atoms. The van der Waals surface area contributed by atoms with Crippen LogP contribution in [0, 0.1) is 0 Å². The number of aliphatic hydroxyl groups is 4. The van der Waals surface area contributed by atoms with E-state index in [0.717, 1.165) is 0 Å². The van der Waals surface area contributed by atoms with Crippen LogP contribution in [-0.2, 0) is 4.74 Å². The maximum atomic E-state index is 9.10. The number of aliphatic hydroxyl groups excluding tert-OH is 4. The van der Waals surface area contributed by atoms with Crippen molar-refractivity contribution in [3.05, 3.63) is 0 Å².